The Morgan fingerprint density at radius 1 is 1.39 bits per heavy atom. The summed E-state index contributed by atoms with van der Waals surface area (Å²) >= 11 is 0. The topological polar surface area (TPSA) is 80.5 Å². The number of aryl methyl sites for hydroxylation is 1. The number of amides is 1. The van der Waals surface area contributed by atoms with Crippen molar-refractivity contribution in [1.29, 1.82) is 0 Å². The van der Waals surface area contributed by atoms with Crippen LogP contribution in [-0.2, 0) is 4.74 Å². The molecular formula is C19H24F2N4O3. The van der Waals surface area contributed by atoms with Gasteiger partial charge in [-0.1, -0.05) is 17.3 Å². The normalized spacial score (nSPS) is 19.0. The predicted molar refractivity (Wildman–Crippen MR) is 98.0 cm³/mol. The van der Waals surface area contributed by atoms with E-state index >= 15 is 0 Å². The zero-order chi connectivity index (χ0) is 20.1. The van der Waals surface area contributed by atoms with E-state index in [9.17, 15) is 13.6 Å². The lowest BCUT2D eigenvalue weighted by atomic mass is 10.1. The summed E-state index contributed by atoms with van der Waals surface area (Å²) in [4.78, 5) is 18.7. The first-order valence-corrected chi connectivity index (χ1v) is 9.28. The molecule has 0 aliphatic carbocycles. The molecule has 1 saturated heterocycles. The van der Waals surface area contributed by atoms with Crippen LogP contribution in [-0.4, -0.2) is 59.3 Å². The number of aromatic nitrogens is 2. The maximum Gasteiger partial charge on any atom is 0.345 e. The zero-order valence-electron chi connectivity index (χ0n) is 15.9. The predicted octanol–water partition coefficient (Wildman–Crippen LogP) is 2.87. The van der Waals surface area contributed by atoms with Crippen molar-refractivity contribution in [2.24, 2.45) is 0 Å². The van der Waals surface area contributed by atoms with Gasteiger partial charge in [-0.15, -0.1) is 0 Å². The molecule has 0 spiro atoms. The van der Waals surface area contributed by atoms with Crippen LogP contribution in [0.3, 0.4) is 0 Å². The van der Waals surface area contributed by atoms with Gasteiger partial charge >= 0.3 is 6.61 Å². The van der Waals surface area contributed by atoms with Crippen molar-refractivity contribution in [2.45, 2.75) is 45.4 Å². The highest BCUT2D eigenvalue weighted by molar-refractivity contribution is 5.94. The Bertz CT molecular complexity index is 782. The van der Waals surface area contributed by atoms with Gasteiger partial charge in [0.15, 0.2) is 0 Å². The van der Waals surface area contributed by atoms with Gasteiger partial charge in [-0.2, -0.15) is 13.8 Å². The Labute approximate surface area is 162 Å². The SMILES string of the molecule is Cc1nc(-c2ccc(C(=O)N[C@H](C)CN3CCC[C@@H](OC(F)F)C3)cc2)no1. The Morgan fingerprint density at radius 2 is 2.14 bits per heavy atom. The minimum Gasteiger partial charge on any atom is -0.348 e. The summed E-state index contributed by atoms with van der Waals surface area (Å²) in [5, 5.41) is 6.79. The van der Waals surface area contributed by atoms with E-state index in [2.05, 4.69) is 20.2 Å². The van der Waals surface area contributed by atoms with Gasteiger partial charge in [0.25, 0.3) is 5.91 Å². The average molecular weight is 394 g/mol. The first kappa shape index (κ1) is 20.3. The average Bonchev–Trinajstić information content (AvgIpc) is 3.08. The van der Waals surface area contributed by atoms with E-state index in [0.717, 1.165) is 18.5 Å². The minimum absolute atomic E-state index is 0.127. The highest BCUT2D eigenvalue weighted by atomic mass is 19.3. The molecule has 2 aromatic rings. The summed E-state index contributed by atoms with van der Waals surface area (Å²) in [5.74, 6) is 0.758. The Hall–Kier alpha value is -2.39. The van der Waals surface area contributed by atoms with Gasteiger partial charge in [0.2, 0.25) is 11.7 Å². The second-order valence-corrected chi connectivity index (χ2v) is 7.01. The van der Waals surface area contributed by atoms with Crippen LogP contribution in [0.15, 0.2) is 28.8 Å². The molecule has 0 bridgehead atoms. The van der Waals surface area contributed by atoms with Gasteiger partial charge in [-0.3, -0.25) is 9.69 Å². The van der Waals surface area contributed by atoms with Crippen LogP contribution in [0.25, 0.3) is 11.4 Å². The van der Waals surface area contributed by atoms with Crippen molar-refractivity contribution in [3.05, 3.63) is 35.7 Å². The highest BCUT2D eigenvalue weighted by Crippen LogP contribution is 2.17. The molecule has 2 atom stereocenters. The van der Waals surface area contributed by atoms with Crippen LogP contribution in [0.5, 0.6) is 0 Å². The van der Waals surface area contributed by atoms with Crippen LogP contribution >= 0.6 is 0 Å². The fraction of sp³-hybridized carbons (Fsp3) is 0.526. The number of alkyl halides is 2. The zero-order valence-corrected chi connectivity index (χ0v) is 15.9. The van der Waals surface area contributed by atoms with Gasteiger partial charge in [0, 0.05) is 37.2 Å². The number of nitrogens with zero attached hydrogens (tertiary/aromatic N) is 3. The molecule has 1 aromatic carbocycles. The summed E-state index contributed by atoms with van der Waals surface area (Å²) in [5.41, 5.74) is 1.29. The molecule has 1 fully saturated rings. The summed E-state index contributed by atoms with van der Waals surface area (Å²) in [6, 6.07) is 6.81. The molecule has 28 heavy (non-hydrogen) atoms. The summed E-state index contributed by atoms with van der Waals surface area (Å²) < 4.78 is 34.4. The van der Waals surface area contributed by atoms with E-state index in [1.807, 2.05) is 11.8 Å². The van der Waals surface area contributed by atoms with Gasteiger partial charge in [0.1, 0.15) is 0 Å². The number of hydrogen-bond donors (Lipinski definition) is 1. The van der Waals surface area contributed by atoms with Crippen molar-refractivity contribution < 1.29 is 22.8 Å². The fourth-order valence-corrected chi connectivity index (χ4v) is 3.36. The lowest BCUT2D eigenvalue weighted by molar-refractivity contribution is -0.174. The Morgan fingerprint density at radius 3 is 2.79 bits per heavy atom. The molecule has 3 rings (SSSR count). The summed E-state index contributed by atoms with van der Waals surface area (Å²) in [7, 11) is 0. The number of carbonyl (C=O) groups is 1. The molecule has 1 aliphatic heterocycles. The van der Waals surface area contributed by atoms with Crippen LogP contribution < -0.4 is 5.32 Å². The van der Waals surface area contributed by atoms with E-state index in [1.165, 1.54) is 0 Å². The maximum absolute atomic E-state index is 12.5. The molecular weight excluding hydrogens is 370 g/mol. The number of likely N-dealkylation sites (tertiary alicyclic amines) is 1. The number of halogens is 2. The minimum atomic E-state index is -2.75. The molecule has 7 nitrogen and oxygen atoms in total. The Balaban J connectivity index is 1.51. The lowest BCUT2D eigenvalue weighted by Crippen LogP contribution is -2.47. The number of benzene rings is 1. The molecule has 9 heteroatoms. The van der Waals surface area contributed by atoms with Gasteiger partial charge in [-0.05, 0) is 38.4 Å². The third kappa shape index (κ3) is 5.56. The standard InChI is InChI=1S/C19H24F2N4O3/c1-12(10-25-9-3-4-16(11-25)27-19(20)21)22-18(26)15-7-5-14(6-8-15)17-23-13(2)28-24-17/h5-8,12,16,19H,3-4,9-11H2,1-2H3,(H,22,26)/t12-,16-/m1/s1. The lowest BCUT2D eigenvalue weighted by Gasteiger charge is -2.34. The number of rotatable bonds is 7. The van der Waals surface area contributed by atoms with Crippen molar-refractivity contribution in [2.75, 3.05) is 19.6 Å². The van der Waals surface area contributed by atoms with Crippen LogP contribution in [0.1, 0.15) is 36.0 Å². The second-order valence-electron chi connectivity index (χ2n) is 7.01. The van der Waals surface area contributed by atoms with Crippen LogP contribution in [0, 0.1) is 6.92 Å². The molecule has 1 N–H and O–H groups in total. The largest absolute Gasteiger partial charge is 0.348 e. The monoisotopic (exact) mass is 394 g/mol. The number of hydrogen-bond acceptors (Lipinski definition) is 6. The molecule has 2 heterocycles. The molecule has 0 saturated carbocycles. The van der Waals surface area contributed by atoms with Gasteiger partial charge in [-0.25, -0.2) is 0 Å². The third-order valence-electron chi connectivity index (χ3n) is 4.60. The van der Waals surface area contributed by atoms with E-state index in [-0.39, 0.29) is 11.9 Å². The smallest absolute Gasteiger partial charge is 0.345 e. The number of carbonyl (C=O) groups excluding carboxylic acids is 1. The van der Waals surface area contributed by atoms with Crippen molar-refractivity contribution in [3.63, 3.8) is 0 Å². The first-order valence-electron chi connectivity index (χ1n) is 9.28. The molecule has 0 radical (unpaired) electrons. The molecule has 1 amide bonds. The van der Waals surface area contributed by atoms with Crippen LogP contribution in [0.2, 0.25) is 0 Å². The van der Waals surface area contributed by atoms with E-state index < -0.39 is 12.7 Å². The Kier molecular flexibility index (Phi) is 6.69. The number of piperidine rings is 1. The third-order valence-corrected chi connectivity index (χ3v) is 4.60. The highest BCUT2D eigenvalue weighted by Gasteiger charge is 2.24. The molecule has 0 unspecified atom stereocenters. The molecule has 152 valence electrons. The second kappa shape index (κ2) is 9.20. The van der Waals surface area contributed by atoms with Gasteiger partial charge < -0.3 is 14.6 Å². The molecule has 1 aliphatic rings. The fourth-order valence-electron chi connectivity index (χ4n) is 3.36. The summed E-state index contributed by atoms with van der Waals surface area (Å²) in [6.45, 7) is 2.69. The molecule has 1 aromatic heterocycles. The number of nitrogens with one attached hydrogen (secondary N) is 1. The van der Waals surface area contributed by atoms with Crippen molar-refractivity contribution >= 4 is 5.91 Å². The van der Waals surface area contributed by atoms with Crippen LogP contribution in [0.4, 0.5) is 8.78 Å². The van der Waals surface area contributed by atoms with E-state index in [0.29, 0.717) is 36.8 Å². The number of ether oxygens (including phenoxy) is 1. The maximum atomic E-state index is 12.5. The first-order chi connectivity index (χ1) is 13.4. The van der Waals surface area contributed by atoms with E-state index in [1.54, 1.807) is 31.2 Å². The summed E-state index contributed by atoms with van der Waals surface area (Å²) in [6.07, 6.45) is 0.973. The quantitative estimate of drug-likeness (QED) is 0.778. The van der Waals surface area contributed by atoms with E-state index in [4.69, 9.17) is 4.52 Å². The van der Waals surface area contributed by atoms with Crippen molar-refractivity contribution in [1.82, 2.24) is 20.4 Å². The van der Waals surface area contributed by atoms with Gasteiger partial charge in [0.05, 0.1) is 6.10 Å². The van der Waals surface area contributed by atoms with Crippen molar-refractivity contribution in [3.8, 4) is 11.4 Å².